The van der Waals surface area contributed by atoms with E-state index in [1.807, 2.05) is 11.9 Å². The lowest BCUT2D eigenvalue weighted by Gasteiger charge is -2.31. The summed E-state index contributed by atoms with van der Waals surface area (Å²) in [7, 11) is -1.91. The maximum atomic E-state index is 12.9. The molecule has 8 nitrogen and oxygen atoms in total. The molecule has 3 rings (SSSR count). The van der Waals surface area contributed by atoms with Crippen molar-refractivity contribution in [2.75, 3.05) is 33.2 Å². The summed E-state index contributed by atoms with van der Waals surface area (Å²) in [6.45, 7) is 1.88. The fourth-order valence-electron chi connectivity index (χ4n) is 2.74. The molecular weight excluding hydrogens is 474 g/mol. The van der Waals surface area contributed by atoms with Gasteiger partial charge in [-0.15, -0.1) is 0 Å². The van der Waals surface area contributed by atoms with Crippen LogP contribution in [0, 0.1) is 10.1 Å². The number of sulfonamides is 1. The molecule has 0 radical (unpaired) electrons. The van der Waals surface area contributed by atoms with Gasteiger partial charge in [0.15, 0.2) is 0 Å². The fourth-order valence-corrected chi connectivity index (χ4v) is 4.95. The predicted octanol–water partition coefficient (Wildman–Crippen LogP) is 3.74. The quantitative estimate of drug-likeness (QED) is 0.468. The van der Waals surface area contributed by atoms with Crippen LogP contribution in [0.4, 0.5) is 5.69 Å². The largest absolute Gasteiger partial charge is 0.449 e. The van der Waals surface area contributed by atoms with E-state index in [2.05, 4.69) is 15.9 Å². The number of ether oxygens (including phenoxy) is 1. The van der Waals surface area contributed by atoms with Gasteiger partial charge in [0.1, 0.15) is 5.75 Å². The van der Waals surface area contributed by atoms with Crippen molar-refractivity contribution in [3.63, 3.8) is 0 Å². The van der Waals surface area contributed by atoms with Crippen LogP contribution in [-0.4, -0.2) is 55.8 Å². The molecule has 1 saturated heterocycles. The van der Waals surface area contributed by atoms with Crippen LogP contribution < -0.4 is 4.74 Å². The highest BCUT2D eigenvalue weighted by Gasteiger charge is 2.30. The van der Waals surface area contributed by atoms with E-state index in [-0.39, 0.29) is 10.6 Å². The Kier molecular flexibility index (Phi) is 6.25. The third-order valence-electron chi connectivity index (χ3n) is 4.34. The molecule has 1 aliphatic heterocycles. The van der Waals surface area contributed by atoms with Gasteiger partial charge in [-0.05, 0) is 53.3 Å². The van der Waals surface area contributed by atoms with E-state index in [9.17, 15) is 18.5 Å². The smallest absolute Gasteiger partial charge is 0.312 e. The summed E-state index contributed by atoms with van der Waals surface area (Å²) in [5, 5.41) is 12.0. The molecule has 0 unspecified atom stereocenters. The van der Waals surface area contributed by atoms with Gasteiger partial charge in [0.05, 0.1) is 14.3 Å². The standard InChI is InChI=1S/C17H17BrClN3O5S/c1-20-6-8-21(9-7-20)28(25,26)13-3-5-17(15(11-13)22(23)24)27-16-4-2-12(19)10-14(16)18/h2-5,10-11H,6-9H2,1H3. The van der Waals surface area contributed by atoms with Crippen LogP contribution in [0.15, 0.2) is 45.8 Å². The van der Waals surface area contributed by atoms with E-state index in [0.29, 0.717) is 41.4 Å². The molecule has 0 saturated carbocycles. The number of benzene rings is 2. The van der Waals surface area contributed by atoms with Crippen molar-refractivity contribution in [1.29, 1.82) is 0 Å². The van der Waals surface area contributed by atoms with E-state index >= 15 is 0 Å². The molecule has 2 aromatic rings. The summed E-state index contributed by atoms with van der Waals surface area (Å²) in [5.74, 6) is 0.257. The van der Waals surface area contributed by atoms with Crippen LogP contribution in [-0.2, 0) is 10.0 Å². The van der Waals surface area contributed by atoms with E-state index in [4.69, 9.17) is 16.3 Å². The number of piperazine rings is 1. The van der Waals surface area contributed by atoms with Gasteiger partial charge in [0.2, 0.25) is 15.8 Å². The van der Waals surface area contributed by atoms with E-state index in [1.165, 1.54) is 16.4 Å². The topological polar surface area (TPSA) is 93.0 Å². The zero-order valence-electron chi connectivity index (χ0n) is 14.8. The van der Waals surface area contributed by atoms with E-state index in [1.54, 1.807) is 18.2 Å². The number of rotatable bonds is 5. The minimum Gasteiger partial charge on any atom is -0.449 e. The van der Waals surface area contributed by atoms with Crippen LogP contribution in [0.1, 0.15) is 0 Å². The fraction of sp³-hybridized carbons (Fsp3) is 0.294. The van der Waals surface area contributed by atoms with Crippen molar-refractivity contribution in [1.82, 2.24) is 9.21 Å². The number of likely N-dealkylation sites (N-methyl/N-ethyl adjacent to an activating group) is 1. The highest BCUT2D eigenvalue weighted by atomic mass is 79.9. The Morgan fingerprint density at radius 2 is 1.75 bits per heavy atom. The second kappa shape index (κ2) is 8.34. The molecule has 150 valence electrons. The van der Waals surface area contributed by atoms with Crippen molar-refractivity contribution in [3.8, 4) is 11.5 Å². The molecule has 28 heavy (non-hydrogen) atoms. The molecule has 0 atom stereocenters. The molecule has 0 N–H and O–H groups in total. The molecule has 0 amide bonds. The maximum absolute atomic E-state index is 12.9. The SMILES string of the molecule is CN1CCN(S(=O)(=O)c2ccc(Oc3ccc(Cl)cc3Br)c([N+](=O)[O-])c2)CC1. The number of nitro benzene ring substituents is 1. The lowest BCUT2D eigenvalue weighted by atomic mass is 10.3. The van der Waals surface area contributed by atoms with Crippen LogP contribution in [0.3, 0.4) is 0 Å². The first-order chi connectivity index (χ1) is 13.2. The third kappa shape index (κ3) is 4.47. The van der Waals surface area contributed by atoms with Gasteiger partial charge >= 0.3 is 5.69 Å². The zero-order chi connectivity index (χ0) is 20.5. The number of nitro groups is 1. The Morgan fingerprint density at radius 3 is 2.36 bits per heavy atom. The van der Waals surface area contributed by atoms with Crippen molar-refractivity contribution in [2.45, 2.75) is 4.90 Å². The van der Waals surface area contributed by atoms with Crippen molar-refractivity contribution in [3.05, 3.63) is 56.0 Å². The molecule has 1 heterocycles. The minimum atomic E-state index is -3.82. The van der Waals surface area contributed by atoms with Gasteiger partial charge < -0.3 is 9.64 Å². The van der Waals surface area contributed by atoms with Crippen molar-refractivity contribution >= 4 is 43.2 Å². The summed E-state index contributed by atoms with van der Waals surface area (Å²) in [6, 6.07) is 8.38. The van der Waals surface area contributed by atoms with Gasteiger partial charge in [0, 0.05) is 37.3 Å². The normalized spacial score (nSPS) is 16.1. The first-order valence-electron chi connectivity index (χ1n) is 8.28. The Hall–Kier alpha value is -1.72. The van der Waals surface area contributed by atoms with E-state index < -0.39 is 20.6 Å². The van der Waals surface area contributed by atoms with Crippen LogP contribution in [0.2, 0.25) is 5.02 Å². The summed E-state index contributed by atoms with van der Waals surface area (Å²) in [6.07, 6.45) is 0. The molecule has 1 aliphatic rings. The molecule has 0 bridgehead atoms. The van der Waals surface area contributed by atoms with Crippen molar-refractivity contribution < 1.29 is 18.1 Å². The molecule has 0 spiro atoms. The summed E-state index contributed by atoms with van der Waals surface area (Å²) in [5.41, 5.74) is -0.433. The minimum absolute atomic E-state index is 0.0645. The first-order valence-corrected chi connectivity index (χ1v) is 10.9. The van der Waals surface area contributed by atoms with Gasteiger partial charge in [-0.3, -0.25) is 10.1 Å². The van der Waals surface area contributed by atoms with Gasteiger partial charge in [-0.25, -0.2) is 8.42 Å². The molecule has 0 aliphatic carbocycles. The Bertz CT molecular complexity index is 1010. The Balaban J connectivity index is 1.94. The predicted molar refractivity (Wildman–Crippen MR) is 109 cm³/mol. The molecular formula is C17H17BrClN3O5S. The van der Waals surface area contributed by atoms with Gasteiger partial charge in [0.25, 0.3) is 0 Å². The molecule has 1 fully saturated rings. The van der Waals surface area contributed by atoms with Crippen LogP contribution >= 0.6 is 27.5 Å². The number of hydrogen-bond donors (Lipinski definition) is 0. The summed E-state index contributed by atoms with van der Waals surface area (Å²) in [4.78, 5) is 12.8. The Labute approximate surface area is 176 Å². The Morgan fingerprint density at radius 1 is 1.11 bits per heavy atom. The van der Waals surface area contributed by atoms with E-state index in [0.717, 1.165) is 6.07 Å². The lowest BCUT2D eigenvalue weighted by Crippen LogP contribution is -2.47. The highest BCUT2D eigenvalue weighted by molar-refractivity contribution is 9.10. The average molecular weight is 491 g/mol. The third-order valence-corrected chi connectivity index (χ3v) is 7.09. The molecule has 0 aromatic heterocycles. The maximum Gasteiger partial charge on any atom is 0.312 e. The van der Waals surface area contributed by atoms with Crippen LogP contribution in [0.25, 0.3) is 0 Å². The summed E-state index contributed by atoms with van der Waals surface area (Å²) < 4.78 is 33.2. The van der Waals surface area contributed by atoms with Crippen LogP contribution in [0.5, 0.6) is 11.5 Å². The monoisotopic (exact) mass is 489 g/mol. The second-order valence-corrected chi connectivity index (χ2v) is 9.50. The van der Waals surface area contributed by atoms with Gasteiger partial charge in [-0.2, -0.15) is 4.31 Å². The average Bonchev–Trinajstić information content (AvgIpc) is 2.64. The zero-order valence-corrected chi connectivity index (χ0v) is 18.0. The first kappa shape index (κ1) is 21.0. The van der Waals surface area contributed by atoms with Gasteiger partial charge in [-0.1, -0.05) is 11.6 Å². The molecule has 2 aromatic carbocycles. The molecule has 11 heteroatoms. The number of nitrogens with zero attached hydrogens (tertiary/aromatic N) is 3. The second-order valence-electron chi connectivity index (χ2n) is 6.27. The van der Waals surface area contributed by atoms with Crippen molar-refractivity contribution in [2.24, 2.45) is 0 Å². The highest BCUT2D eigenvalue weighted by Crippen LogP contribution is 2.37. The lowest BCUT2D eigenvalue weighted by molar-refractivity contribution is -0.385. The number of hydrogen-bond acceptors (Lipinski definition) is 6. The number of halogens is 2. The summed E-state index contributed by atoms with van der Waals surface area (Å²) >= 11 is 9.17.